The van der Waals surface area contributed by atoms with Crippen LogP contribution in [0.15, 0.2) is 71.9 Å². The number of hydrogen-bond donors (Lipinski definition) is 4. The molecule has 306 valence electrons. The van der Waals surface area contributed by atoms with Gasteiger partial charge in [0.15, 0.2) is 9.84 Å². The minimum absolute atomic E-state index is 0.118. The summed E-state index contributed by atoms with van der Waals surface area (Å²) >= 11 is 0. The van der Waals surface area contributed by atoms with Gasteiger partial charge >= 0.3 is 18.2 Å². The second kappa shape index (κ2) is 18.5. The Morgan fingerprint density at radius 1 is 0.965 bits per heavy atom. The number of tetrazole rings is 1. The third kappa shape index (κ3) is 12.9. The van der Waals surface area contributed by atoms with Crippen LogP contribution in [-0.4, -0.2) is 93.6 Å². The minimum atomic E-state index is -5.08. The molecule has 0 spiro atoms. The number of alkyl carbamates (subject to hydrolysis) is 1. The van der Waals surface area contributed by atoms with Gasteiger partial charge in [-0.05, 0) is 105 Å². The van der Waals surface area contributed by atoms with Gasteiger partial charge in [0.05, 0.1) is 16.6 Å². The van der Waals surface area contributed by atoms with Crippen molar-refractivity contribution in [3.05, 3.63) is 72.6 Å². The van der Waals surface area contributed by atoms with E-state index in [2.05, 4.69) is 30.9 Å². The molecule has 0 bridgehead atoms. The number of carboxylic acids is 1. The summed E-state index contributed by atoms with van der Waals surface area (Å²) in [7, 11) is -3.42. The van der Waals surface area contributed by atoms with Crippen molar-refractivity contribution in [1.29, 1.82) is 0 Å². The topological polar surface area (TPSA) is 241 Å². The summed E-state index contributed by atoms with van der Waals surface area (Å²) in [4.78, 5) is 54.5. The Morgan fingerprint density at radius 2 is 1.56 bits per heavy atom. The number of nitrogens with one attached hydrogen (secondary N) is 2. The van der Waals surface area contributed by atoms with E-state index in [1.165, 1.54) is 11.1 Å². The molecule has 0 unspecified atom stereocenters. The van der Waals surface area contributed by atoms with E-state index >= 15 is 0 Å². The largest absolute Gasteiger partial charge is 0.490 e. The molecule has 0 radical (unpaired) electrons. The number of halogens is 3. The molecular formula is C37H43F3N8O8S. The van der Waals surface area contributed by atoms with E-state index in [9.17, 15) is 36.0 Å². The van der Waals surface area contributed by atoms with E-state index in [0.29, 0.717) is 54.9 Å². The highest BCUT2D eigenvalue weighted by Gasteiger charge is 2.38. The number of ether oxygens (including phenoxy) is 1. The summed E-state index contributed by atoms with van der Waals surface area (Å²) in [6, 6.07) is 14.5. The van der Waals surface area contributed by atoms with Gasteiger partial charge in [0.1, 0.15) is 5.60 Å². The van der Waals surface area contributed by atoms with Gasteiger partial charge in [-0.25, -0.2) is 22.9 Å². The van der Waals surface area contributed by atoms with Crippen LogP contribution in [-0.2, 0) is 35.4 Å². The molecule has 5 N–H and O–H groups in total. The Balaban J connectivity index is 0.000000940. The van der Waals surface area contributed by atoms with Crippen molar-refractivity contribution in [3.63, 3.8) is 0 Å². The highest BCUT2D eigenvalue weighted by Crippen LogP contribution is 2.32. The summed E-state index contributed by atoms with van der Waals surface area (Å²) < 4.78 is 61.1. The fraction of sp³-hybridized carbons (Fsp3) is 0.405. The zero-order valence-electron chi connectivity index (χ0n) is 31.5. The number of aromatic amines is 1. The molecule has 0 aliphatic heterocycles. The predicted octanol–water partition coefficient (Wildman–Crippen LogP) is 4.73. The van der Waals surface area contributed by atoms with Gasteiger partial charge in [-0.2, -0.15) is 18.4 Å². The summed E-state index contributed by atoms with van der Waals surface area (Å²) in [5, 5.41) is 23.9. The number of benzene rings is 2. The van der Waals surface area contributed by atoms with Crippen LogP contribution in [0.25, 0.3) is 22.5 Å². The summed E-state index contributed by atoms with van der Waals surface area (Å²) in [6.07, 6.45) is 1.12. The Morgan fingerprint density at radius 3 is 2.09 bits per heavy atom. The number of rotatable bonds is 10. The maximum absolute atomic E-state index is 14.1. The molecule has 4 aromatic rings. The first-order chi connectivity index (χ1) is 26.6. The molecule has 2 aromatic heterocycles. The number of alkyl halides is 3. The van der Waals surface area contributed by atoms with Crippen LogP contribution in [0.1, 0.15) is 52.0 Å². The summed E-state index contributed by atoms with van der Waals surface area (Å²) in [6.45, 7) is 5.86. The molecule has 5 rings (SSSR count). The Labute approximate surface area is 326 Å². The molecule has 0 saturated heterocycles. The maximum Gasteiger partial charge on any atom is 0.490 e. The molecule has 1 fully saturated rings. The summed E-state index contributed by atoms with van der Waals surface area (Å²) in [5.41, 5.74) is 9.10. The SMILES string of the molecule is CC(C)(C)OC(=O)NC[C@H]1CC[C@H](C(=O)N(C(=O)[C@@H](N)Cc2ccc(-c3cncc(S(C)(=O)=O)c3)cc2)c2ccc(-c3nn[nH]n3)cc2)CC1.O=C(O)C(F)(F)F. The second-order valence-electron chi connectivity index (χ2n) is 14.4. The lowest BCUT2D eigenvalue weighted by Crippen LogP contribution is -2.50. The number of pyridine rings is 1. The van der Waals surface area contributed by atoms with Gasteiger partial charge in [-0.15, -0.1) is 10.2 Å². The molecule has 1 atom stereocenters. The number of carboxylic acid groups (broad SMARTS) is 1. The number of imide groups is 1. The molecular weight excluding hydrogens is 774 g/mol. The lowest BCUT2D eigenvalue weighted by atomic mass is 9.81. The second-order valence-corrected chi connectivity index (χ2v) is 16.4. The molecule has 2 aromatic carbocycles. The fourth-order valence-electron chi connectivity index (χ4n) is 5.86. The van der Waals surface area contributed by atoms with Gasteiger partial charge in [-0.1, -0.05) is 24.3 Å². The number of anilines is 1. The maximum atomic E-state index is 14.1. The van der Waals surface area contributed by atoms with Gasteiger partial charge in [-0.3, -0.25) is 14.6 Å². The molecule has 1 saturated carbocycles. The van der Waals surface area contributed by atoms with Crippen LogP contribution < -0.4 is 16.0 Å². The number of sulfone groups is 1. The number of carbonyl (C=O) groups is 4. The van der Waals surface area contributed by atoms with Crippen molar-refractivity contribution in [2.24, 2.45) is 17.6 Å². The van der Waals surface area contributed by atoms with Crippen LogP contribution in [0.2, 0.25) is 0 Å². The van der Waals surface area contributed by atoms with Crippen molar-refractivity contribution in [1.82, 2.24) is 30.9 Å². The van der Waals surface area contributed by atoms with Gasteiger partial charge < -0.3 is 20.9 Å². The van der Waals surface area contributed by atoms with E-state index in [4.69, 9.17) is 20.4 Å². The van der Waals surface area contributed by atoms with E-state index in [1.54, 1.807) is 57.3 Å². The van der Waals surface area contributed by atoms with Crippen molar-refractivity contribution in [2.45, 2.75) is 75.6 Å². The average Bonchev–Trinajstić information content (AvgIpc) is 3.69. The molecule has 16 nitrogen and oxygen atoms in total. The number of aliphatic carboxylic acids is 1. The zero-order valence-corrected chi connectivity index (χ0v) is 32.3. The fourth-order valence-corrected chi connectivity index (χ4v) is 6.46. The number of nitrogens with two attached hydrogens (primary N) is 1. The van der Waals surface area contributed by atoms with E-state index in [1.807, 2.05) is 24.3 Å². The normalized spacial score (nSPS) is 16.4. The van der Waals surface area contributed by atoms with Crippen molar-refractivity contribution >= 4 is 39.4 Å². The average molecular weight is 817 g/mol. The first-order valence-corrected chi connectivity index (χ1v) is 19.5. The smallest absolute Gasteiger partial charge is 0.475 e. The molecule has 57 heavy (non-hydrogen) atoms. The van der Waals surface area contributed by atoms with E-state index in [0.717, 1.165) is 17.4 Å². The zero-order chi connectivity index (χ0) is 42.1. The van der Waals surface area contributed by atoms with Crippen LogP contribution in [0.5, 0.6) is 0 Å². The third-order valence-corrected chi connectivity index (χ3v) is 9.82. The Bertz CT molecular complexity index is 2120. The standard InChI is InChI=1S/C35H42N8O6S.C2HF3O2/c1-35(2,3)49-34(46)38-19-23-7-11-26(12-8-23)32(44)43(28-15-13-25(14-16-28)31-39-41-42-40-31)33(45)30(36)17-22-5-9-24(10-6-22)27-18-29(21-37-20-27)50(4,47)48;3-2(4,5)1(6)7/h5-6,9-10,13-16,18,20-21,23,26,30H,7-8,11-12,17,19,36H2,1-4H3,(H,38,46)(H,39,40,41,42);(H,6,7)/t23-,26-,30-;/m0./s1. The highest BCUT2D eigenvalue weighted by molar-refractivity contribution is 7.90. The van der Waals surface area contributed by atoms with Crippen molar-refractivity contribution in [3.8, 4) is 22.5 Å². The van der Waals surface area contributed by atoms with Crippen LogP contribution in [0.3, 0.4) is 0 Å². The molecule has 20 heteroatoms. The minimum Gasteiger partial charge on any atom is -0.475 e. The van der Waals surface area contributed by atoms with Crippen LogP contribution >= 0.6 is 0 Å². The van der Waals surface area contributed by atoms with Gasteiger partial charge in [0, 0.05) is 42.2 Å². The monoisotopic (exact) mass is 816 g/mol. The molecule has 1 aliphatic carbocycles. The quantitative estimate of drug-likeness (QED) is 0.170. The number of amides is 3. The Hall–Kier alpha value is -5.76. The van der Waals surface area contributed by atoms with Gasteiger partial charge in [0.2, 0.25) is 11.7 Å². The van der Waals surface area contributed by atoms with Crippen LogP contribution in [0.4, 0.5) is 23.7 Å². The van der Waals surface area contributed by atoms with Crippen LogP contribution in [0, 0.1) is 11.8 Å². The number of aromatic nitrogens is 5. The predicted molar refractivity (Wildman–Crippen MR) is 200 cm³/mol. The van der Waals surface area contributed by atoms with Crippen molar-refractivity contribution in [2.75, 3.05) is 17.7 Å². The third-order valence-electron chi connectivity index (χ3n) is 8.74. The lowest BCUT2D eigenvalue weighted by Gasteiger charge is -2.32. The molecule has 3 amide bonds. The number of H-pyrrole nitrogens is 1. The number of carbonyl (C=O) groups excluding carboxylic acids is 3. The highest BCUT2D eigenvalue weighted by atomic mass is 32.2. The lowest BCUT2D eigenvalue weighted by molar-refractivity contribution is -0.192. The van der Waals surface area contributed by atoms with E-state index in [-0.39, 0.29) is 23.1 Å². The number of nitrogens with zero attached hydrogens (tertiary/aromatic N) is 5. The summed E-state index contributed by atoms with van der Waals surface area (Å²) in [5.74, 6) is -3.48. The first-order valence-electron chi connectivity index (χ1n) is 17.6. The van der Waals surface area contributed by atoms with E-state index < -0.39 is 51.5 Å². The molecule has 1 aliphatic rings. The number of hydrogen-bond acceptors (Lipinski definition) is 12. The first kappa shape index (κ1) is 44.0. The van der Waals surface area contributed by atoms with Gasteiger partial charge in [0.25, 0.3) is 5.91 Å². The Kier molecular flexibility index (Phi) is 14.2. The van der Waals surface area contributed by atoms with Crippen molar-refractivity contribution < 1.29 is 50.6 Å². The molecule has 2 heterocycles.